The summed E-state index contributed by atoms with van der Waals surface area (Å²) >= 11 is 5.97. The van der Waals surface area contributed by atoms with E-state index in [2.05, 4.69) is 16.3 Å². The second-order valence-corrected chi connectivity index (χ2v) is 7.76. The number of amidine groups is 1. The summed E-state index contributed by atoms with van der Waals surface area (Å²) in [6, 6.07) is 14.2. The van der Waals surface area contributed by atoms with Crippen molar-refractivity contribution in [2.45, 2.75) is 20.4 Å². The minimum absolute atomic E-state index is 0.0500. The smallest absolute Gasteiger partial charge is 0.367 e. The summed E-state index contributed by atoms with van der Waals surface area (Å²) < 4.78 is 2.89. The van der Waals surface area contributed by atoms with Gasteiger partial charge in [-0.25, -0.2) is 9.31 Å². The predicted octanol–water partition coefficient (Wildman–Crippen LogP) is 3.56. The highest BCUT2D eigenvalue weighted by Gasteiger charge is 2.13. The number of nitrogens with two attached hydrogens (primary N) is 1. The van der Waals surface area contributed by atoms with E-state index in [0.29, 0.717) is 11.2 Å². The summed E-state index contributed by atoms with van der Waals surface area (Å²) in [6.45, 7) is 3.97. The molecule has 0 saturated heterocycles. The maximum Gasteiger partial charge on any atom is 0.367 e. The van der Waals surface area contributed by atoms with Gasteiger partial charge in [-0.15, -0.1) is 0 Å². The third-order valence-electron chi connectivity index (χ3n) is 4.93. The number of carbonyl (C=O) groups is 1. The summed E-state index contributed by atoms with van der Waals surface area (Å²) in [5.41, 5.74) is 10.0. The van der Waals surface area contributed by atoms with Crippen LogP contribution in [0.3, 0.4) is 0 Å². The number of nitrogens with zero attached hydrogens (tertiary/aromatic N) is 4. The molecule has 0 bridgehead atoms. The first-order valence-corrected chi connectivity index (χ1v) is 10.2. The van der Waals surface area contributed by atoms with E-state index in [1.807, 2.05) is 26.0 Å². The van der Waals surface area contributed by atoms with E-state index in [0.717, 1.165) is 16.7 Å². The minimum Gasteiger partial charge on any atom is -0.383 e. The third-order valence-corrected chi connectivity index (χ3v) is 5.26. The predicted molar refractivity (Wildman–Crippen MR) is 123 cm³/mol. The zero-order valence-corrected chi connectivity index (χ0v) is 18.2. The van der Waals surface area contributed by atoms with Crippen LogP contribution in [0.2, 0.25) is 5.02 Å². The molecule has 0 radical (unpaired) electrons. The summed E-state index contributed by atoms with van der Waals surface area (Å²) in [5, 5.41) is 8.39. The van der Waals surface area contributed by atoms with Gasteiger partial charge in [-0.05, 0) is 37.6 Å². The zero-order chi connectivity index (χ0) is 22.8. The van der Waals surface area contributed by atoms with Crippen molar-refractivity contribution in [2.75, 3.05) is 0 Å². The number of fused-ring (bicyclic) bond motifs is 1. The molecule has 0 spiro atoms. The molecule has 2 N–H and O–H groups in total. The first kappa shape index (κ1) is 21.3. The van der Waals surface area contributed by atoms with Crippen molar-refractivity contribution in [1.29, 1.82) is 0 Å². The van der Waals surface area contributed by atoms with Gasteiger partial charge < -0.3 is 15.1 Å². The molecular formula is C23H20ClN5O3. The topological polar surface area (TPSA) is 104 Å². The molecule has 8 nitrogen and oxygen atoms in total. The van der Waals surface area contributed by atoms with Crippen LogP contribution in [0, 0.1) is 13.8 Å². The zero-order valence-electron chi connectivity index (χ0n) is 17.4. The molecule has 0 atom stereocenters. The van der Waals surface area contributed by atoms with E-state index in [9.17, 15) is 9.59 Å². The normalized spacial score (nSPS) is 11.7. The molecule has 0 fully saturated rings. The Morgan fingerprint density at radius 1 is 1.16 bits per heavy atom. The highest BCUT2D eigenvalue weighted by molar-refractivity contribution is 6.33. The molecule has 0 saturated carbocycles. The van der Waals surface area contributed by atoms with Crippen molar-refractivity contribution in [1.82, 2.24) is 14.2 Å². The van der Waals surface area contributed by atoms with E-state index < -0.39 is 5.97 Å². The Labute approximate surface area is 188 Å². The first-order valence-electron chi connectivity index (χ1n) is 9.78. The number of hydrogen-bond donors (Lipinski definition) is 1. The Bertz CT molecular complexity index is 1420. The van der Waals surface area contributed by atoms with Crippen molar-refractivity contribution in [2.24, 2.45) is 10.9 Å². The van der Waals surface area contributed by atoms with Crippen LogP contribution >= 0.6 is 11.6 Å². The molecular weight excluding hydrogens is 430 g/mol. The van der Waals surface area contributed by atoms with Gasteiger partial charge in [0.05, 0.1) is 22.8 Å². The second-order valence-electron chi connectivity index (χ2n) is 7.35. The number of carbonyl (C=O) groups excluding carboxylic acids is 1. The van der Waals surface area contributed by atoms with Gasteiger partial charge in [0.1, 0.15) is 5.52 Å². The number of aryl methyl sites for hydroxylation is 2. The monoisotopic (exact) mass is 449 g/mol. The first-order chi connectivity index (χ1) is 15.3. The number of aromatic nitrogens is 3. The molecule has 9 heteroatoms. The third kappa shape index (κ3) is 4.26. The van der Waals surface area contributed by atoms with Gasteiger partial charge in [0.15, 0.2) is 5.84 Å². The van der Waals surface area contributed by atoms with Gasteiger partial charge in [0.25, 0.3) is 5.56 Å². The van der Waals surface area contributed by atoms with Crippen LogP contribution < -0.4 is 11.3 Å². The van der Waals surface area contributed by atoms with Gasteiger partial charge in [-0.1, -0.05) is 52.7 Å². The van der Waals surface area contributed by atoms with E-state index in [4.69, 9.17) is 22.2 Å². The van der Waals surface area contributed by atoms with E-state index >= 15 is 0 Å². The summed E-state index contributed by atoms with van der Waals surface area (Å²) in [7, 11) is 0. The number of halogens is 1. The summed E-state index contributed by atoms with van der Waals surface area (Å²) in [4.78, 5) is 29.9. The molecule has 0 amide bonds. The molecule has 2 aromatic carbocycles. The molecule has 0 aliphatic heterocycles. The lowest BCUT2D eigenvalue weighted by atomic mass is 10.0. The number of rotatable bonds is 5. The van der Waals surface area contributed by atoms with Crippen molar-refractivity contribution in [3.8, 4) is 11.3 Å². The maximum absolute atomic E-state index is 12.9. The van der Waals surface area contributed by atoms with Crippen LogP contribution in [0.15, 0.2) is 70.9 Å². The fraction of sp³-hybridized carbons (Fsp3) is 0.130. The average Bonchev–Trinajstić information content (AvgIpc) is 3.19. The van der Waals surface area contributed by atoms with Gasteiger partial charge >= 0.3 is 5.97 Å². The molecule has 162 valence electrons. The lowest BCUT2D eigenvalue weighted by Crippen LogP contribution is -2.29. The quantitative estimate of drug-likeness (QED) is 0.217. The van der Waals surface area contributed by atoms with E-state index in [1.165, 1.54) is 15.1 Å². The van der Waals surface area contributed by atoms with Crippen LogP contribution in [-0.4, -0.2) is 26.0 Å². The fourth-order valence-corrected chi connectivity index (χ4v) is 3.58. The van der Waals surface area contributed by atoms with E-state index in [-0.39, 0.29) is 28.5 Å². The number of benzene rings is 2. The van der Waals surface area contributed by atoms with E-state index in [1.54, 1.807) is 36.7 Å². The van der Waals surface area contributed by atoms with Gasteiger partial charge in [0, 0.05) is 18.0 Å². The molecule has 0 aliphatic carbocycles. The Morgan fingerprint density at radius 2 is 1.94 bits per heavy atom. The fourth-order valence-electron chi connectivity index (χ4n) is 3.36. The Morgan fingerprint density at radius 3 is 2.69 bits per heavy atom. The lowest BCUT2D eigenvalue weighted by molar-refractivity contribution is 0.0514. The van der Waals surface area contributed by atoms with Gasteiger partial charge in [-0.3, -0.25) is 4.79 Å². The van der Waals surface area contributed by atoms with Gasteiger partial charge in [-0.2, -0.15) is 5.10 Å². The Kier molecular flexibility index (Phi) is 5.79. The Balaban J connectivity index is 1.56. The van der Waals surface area contributed by atoms with Crippen LogP contribution in [-0.2, 0) is 11.4 Å². The molecule has 4 aromatic rings. The van der Waals surface area contributed by atoms with Crippen molar-refractivity contribution in [3.63, 3.8) is 0 Å². The molecule has 4 rings (SSSR count). The Hall–Kier alpha value is -3.91. The largest absolute Gasteiger partial charge is 0.383 e. The van der Waals surface area contributed by atoms with Crippen molar-refractivity contribution >= 4 is 28.9 Å². The lowest BCUT2D eigenvalue weighted by Gasteiger charge is -2.05. The molecule has 32 heavy (non-hydrogen) atoms. The molecule has 2 aromatic heterocycles. The number of hydrogen-bond acceptors (Lipinski definition) is 5. The van der Waals surface area contributed by atoms with Crippen molar-refractivity contribution < 1.29 is 9.63 Å². The summed E-state index contributed by atoms with van der Waals surface area (Å²) in [6.07, 6.45) is 3.21. The number of oxime groups is 1. The molecule has 0 aliphatic rings. The van der Waals surface area contributed by atoms with Crippen molar-refractivity contribution in [3.05, 3.63) is 93.0 Å². The van der Waals surface area contributed by atoms with Crippen LogP contribution in [0.1, 0.15) is 21.5 Å². The average molecular weight is 450 g/mol. The van der Waals surface area contributed by atoms with Gasteiger partial charge in [0.2, 0.25) is 0 Å². The SMILES string of the molecule is Cc1ccc(-c2cc3c(=O)n(C/C(N)=N\OC(=O)c4ccccc4Cl)ccn3n2)c(C)c1. The van der Waals surface area contributed by atoms with Crippen LogP contribution in [0.5, 0.6) is 0 Å². The standard InChI is InChI=1S/C23H20ClN5O3/c1-14-7-8-16(15(2)11-14)19-12-20-22(30)28(9-10-29(20)26-19)13-21(25)27-32-23(31)17-5-3-4-6-18(17)24/h3-12H,13H2,1-2H3,(H2,25,27). The molecule has 0 unspecified atom stereocenters. The van der Waals surface area contributed by atoms with Crippen LogP contribution in [0.25, 0.3) is 16.8 Å². The summed E-state index contributed by atoms with van der Waals surface area (Å²) in [5.74, 6) is -0.791. The minimum atomic E-state index is -0.741. The van der Waals surface area contributed by atoms with Crippen LogP contribution in [0.4, 0.5) is 0 Å². The highest BCUT2D eigenvalue weighted by Crippen LogP contribution is 2.23. The molecule has 2 heterocycles. The maximum atomic E-state index is 12.9. The highest BCUT2D eigenvalue weighted by atomic mass is 35.5. The second kappa shape index (κ2) is 8.68.